The second-order valence-electron chi connectivity index (χ2n) is 10.8. The van der Waals surface area contributed by atoms with Crippen molar-refractivity contribution in [1.82, 2.24) is 5.32 Å². The molecule has 0 aliphatic carbocycles. The number of methoxy groups -OCH3 is 2. The van der Waals surface area contributed by atoms with Gasteiger partial charge in [0.15, 0.2) is 0 Å². The van der Waals surface area contributed by atoms with E-state index < -0.39 is 17.1 Å². The van der Waals surface area contributed by atoms with Crippen LogP contribution in [0.2, 0.25) is 0 Å². The van der Waals surface area contributed by atoms with Crippen molar-refractivity contribution in [2.75, 3.05) is 24.9 Å². The lowest BCUT2D eigenvalue weighted by Crippen LogP contribution is -2.30. The molecule has 0 saturated heterocycles. The van der Waals surface area contributed by atoms with Gasteiger partial charge in [-0.2, -0.15) is 0 Å². The summed E-state index contributed by atoms with van der Waals surface area (Å²) in [6, 6.07) is 29.1. The molecule has 0 heterocycles. The summed E-state index contributed by atoms with van der Waals surface area (Å²) in [6.07, 6.45) is 2.22. The van der Waals surface area contributed by atoms with Crippen LogP contribution in [0.25, 0.3) is 6.08 Å². The molecule has 8 nitrogen and oxygen atoms in total. The number of hydrogen-bond acceptors (Lipinski definition) is 6. The molecule has 0 saturated carbocycles. The van der Waals surface area contributed by atoms with Crippen molar-refractivity contribution in [3.63, 3.8) is 0 Å². The molecule has 238 valence electrons. The third-order valence-corrected chi connectivity index (χ3v) is 8.50. The lowest BCUT2D eigenvalue weighted by molar-refractivity contribution is -0.116. The predicted molar refractivity (Wildman–Crippen MR) is 186 cm³/mol. The van der Waals surface area contributed by atoms with Gasteiger partial charge in [-0.15, -0.1) is 11.8 Å². The molecule has 4 aromatic carbocycles. The van der Waals surface area contributed by atoms with Gasteiger partial charge in [0.1, 0.15) is 17.2 Å². The normalized spacial score (nSPS) is 11.8. The summed E-state index contributed by atoms with van der Waals surface area (Å²) in [6.45, 7) is 6.16. The molecular weight excluding hydrogens is 598 g/mol. The fraction of sp³-hybridized carbons (Fsp3) is 0.216. The van der Waals surface area contributed by atoms with Crippen LogP contribution in [-0.4, -0.2) is 37.2 Å². The number of ether oxygens (including phenoxy) is 2. The van der Waals surface area contributed by atoms with Crippen molar-refractivity contribution < 1.29 is 23.9 Å². The summed E-state index contributed by atoms with van der Waals surface area (Å²) in [7, 11) is 3.10. The number of anilines is 2. The summed E-state index contributed by atoms with van der Waals surface area (Å²) >= 11 is 1.38. The van der Waals surface area contributed by atoms with E-state index in [0.29, 0.717) is 40.8 Å². The summed E-state index contributed by atoms with van der Waals surface area (Å²) < 4.78 is 10.7. The van der Waals surface area contributed by atoms with Crippen LogP contribution in [0.15, 0.2) is 108 Å². The first kappa shape index (κ1) is 33.9. The monoisotopic (exact) mass is 637 g/mol. The number of amides is 3. The Morgan fingerprint density at radius 2 is 1.57 bits per heavy atom. The predicted octanol–water partition coefficient (Wildman–Crippen LogP) is 7.75. The summed E-state index contributed by atoms with van der Waals surface area (Å²) in [5.74, 6) is 0.431. The molecule has 0 aromatic heterocycles. The van der Waals surface area contributed by atoms with Gasteiger partial charge in [-0.05, 0) is 72.0 Å². The van der Waals surface area contributed by atoms with Crippen molar-refractivity contribution in [1.29, 1.82) is 0 Å². The number of nitrogens with one attached hydrogen (secondary N) is 3. The summed E-state index contributed by atoms with van der Waals surface area (Å²) in [4.78, 5) is 40.7. The minimum Gasteiger partial charge on any atom is -0.497 e. The quantitative estimate of drug-likeness (QED) is 0.102. The molecule has 4 rings (SSSR count). The summed E-state index contributed by atoms with van der Waals surface area (Å²) in [5, 5.41) is 8.23. The van der Waals surface area contributed by atoms with E-state index in [1.54, 1.807) is 74.9 Å². The minimum atomic E-state index is -0.478. The molecule has 0 aliphatic rings. The van der Waals surface area contributed by atoms with Gasteiger partial charge in [-0.25, -0.2) is 0 Å². The Morgan fingerprint density at radius 3 is 2.22 bits per heavy atom. The highest BCUT2D eigenvalue weighted by molar-refractivity contribution is 8.00. The first-order chi connectivity index (χ1) is 22.2. The molecule has 4 aromatic rings. The number of benzene rings is 4. The zero-order chi connectivity index (χ0) is 33.1. The zero-order valence-corrected chi connectivity index (χ0v) is 27.4. The van der Waals surface area contributed by atoms with Crippen molar-refractivity contribution in [2.45, 2.75) is 43.3 Å². The first-order valence-corrected chi connectivity index (χ1v) is 15.9. The number of rotatable bonds is 13. The van der Waals surface area contributed by atoms with Gasteiger partial charge in [0.25, 0.3) is 11.8 Å². The fourth-order valence-corrected chi connectivity index (χ4v) is 5.56. The Balaban J connectivity index is 1.52. The van der Waals surface area contributed by atoms with Crippen LogP contribution in [0.1, 0.15) is 54.6 Å². The maximum Gasteiger partial charge on any atom is 0.272 e. The number of carbonyl (C=O) groups is 3. The van der Waals surface area contributed by atoms with Gasteiger partial charge >= 0.3 is 0 Å². The highest BCUT2D eigenvalue weighted by Gasteiger charge is 2.21. The average molecular weight is 638 g/mol. The van der Waals surface area contributed by atoms with Crippen molar-refractivity contribution in [2.24, 2.45) is 0 Å². The second-order valence-corrected chi connectivity index (χ2v) is 12.0. The molecule has 0 radical (unpaired) electrons. The molecule has 0 spiro atoms. The lowest BCUT2D eigenvalue weighted by Gasteiger charge is -2.17. The third kappa shape index (κ3) is 9.25. The number of hydrogen-bond donors (Lipinski definition) is 3. The van der Waals surface area contributed by atoms with Gasteiger partial charge in [-0.1, -0.05) is 69.3 Å². The zero-order valence-electron chi connectivity index (χ0n) is 26.6. The van der Waals surface area contributed by atoms with E-state index in [4.69, 9.17) is 9.47 Å². The number of thioether (sulfide) groups is 1. The van der Waals surface area contributed by atoms with E-state index in [1.807, 2.05) is 49.4 Å². The van der Waals surface area contributed by atoms with E-state index in [1.165, 1.54) is 17.3 Å². The topological polar surface area (TPSA) is 106 Å². The third-order valence-electron chi connectivity index (χ3n) is 7.14. The Morgan fingerprint density at radius 1 is 0.826 bits per heavy atom. The first-order valence-electron chi connectivity index (χ1n) is 15.0. The van der Waals surface area contributed by atoms with Crippen LogP contribution in [0, 0.1) is 0 Å². The van der Waals surface area contributed by atoms with E-state index in [2.05, 4.69) is 29.8 Å². The Bertz CT molecular complexity index is 1690. The SMILES string of the molecule is CCC(Sc1cccc(NC(=O)/C(=C\c2ccc(C(C)C)cc2)NC(=O)c2ccccc2)c1)C(=O)Nc1cc(OC)ccc1OC. The van der Waals surface area contributed by atoms with Crippen LogP contribution < -0.4 is 25.4 Å². The summed E-state index contributed by atoms with van der Waals surface area (Å²) in [5.41, 5.74) is 3.52. The van der Waals surface area contributed by atoms with E-state index in [0.717, 1.165) is 10.5 Å². The van der Waals surface area contributed by atoms with Gasteiger partial charge in [0, 0.05) is 22.2 Å². The minimum absolute atomic E-state index is 0.0993. The molecule has 46 heavy (non-hydrogen) atoms. The van der Waals surface area contributed by atoms with E-state index >= 15 is 0 Å². The fourth-order valence-electron chi connectivity index (χ4n) is 4.54. The highest BCUT2D eigenvalue weighted by atomic mass is 32.2. The van der Waals surface area contributed by atoms with Crippen molar-refractivity contribution in [3.8, 4) is 11.5 Å². The molecule has 9 heteroatoms. The second kappa shape index (κ2) is 16.3. The molecule has 0 fully saturated rings. The molecule has 0 aliphatic heterocycles. The Hall–Kier alpha value is -5.02. The number of carbonyl (C=O) groups excluding carboxylic acids is 3. The molecule has 1 atom stereocenters. The van der Waals surface area contributed by atoms with Gasteiger partial charge in [0.05, 0.1) is 25.2 Å². The van der Waals surface area contributed by atoms with Crippen molar-refractivity contribution in [3.05, 3.63) is 119 Å². The van der Waals surface area contributed by atoms with Crippen LogP contribution >= 0.6 is 11.8 Å². The van der Waals surface area contributed by atoms with Gasteiger partial charge < -0.3 is 25.4 Å². The maximum absolute atomic E-state index is 13.6. The Labute approximate surface area is 274 Å². The van der Waals surface area contributed by atoms with E-state index in [9.17, 15) is 14.4 Å². The van der Waals surface area contributed by atoms with Gasteiger partial charge in [0.2, 0.25) is 5.91 Å². The molecule has 0 bridgehead atoms. The van der Waals surface area contributed by atoms with Gasteiger partial charge in [-0.3, -0.25) is 14.4 Å². The highest BCUT2D eigenvalue weighted by Crippen LogP contribution is 2.32. The van der Waals surface area contributed by atoms with Crippen LogP contribution in [0.4, 0.5) is 11.4 Å². The van der Waals surface area contributed by atoms with Crippen molar-refractivity contribution >= 4 is 46.9 Å². The average Bonchev–Trinajstić information content (AvgIpc) is 3.07. The molecular formula is C37H39N3O5S. The van der Waals surface area contributed by atoms with E-state index in [-0.39, 0.29) is 11.6 Å². The van der Waals surface area contributed by atoms with Crippen LogP contribution in [-0.2, 0) is 9.59 Å². The smallest absolute Gasteiger partial charge is 0.272 e. The molecule has 1 unspecified atom stereocenters. The Kier molecular flexibility index (Phi) is 12.0. The standard InChI is InChI=1S/C37H39N3O5S/c1-6-34(37(43)39-31-23-29(44-4)19-20-33(31)45-5)46-30-14-10-13-28(22-30)38-36(42)32(40-35(41)27-11-8-7-9-12-27)21-25-15-17-26(18-16-25)24(2)3/h7-24,34H,6H2,1-5H3,(H,38,42)(H,39,43)(H,40,41)/b32-21+. The maximum atomic E-state index is 13.6. The van der Waals surface area contributed by atoms with Crippen LogP contribution in [0.5, 0.6) is 11.5 Å². The molecule has 3 amide bonds. The largest absolute Gasteiger partial charge is 0.497 e. The molecule has 3 N–H and O–H groups in total. The van der Waals surface area contributed by atoms with Crippen LogP contribution in [0.3, 0.4) is 0 Å². The lowest BCUT2D eigenvalue weighted by atomic mass is 10.0.